The SMILES string of the molecule is CCCC(=O)N(C)CC(=O)N(C[C@H]1CN(c2ccc(N3CCOCC3=O)cc2F)C(=O)O1)C(=O)c1ccc(Cl)s1. The number of ether oxygens (including phenoxy) is 2. The van der Waals surface area contributed by atoms with Gasteiger partial charge in [-0.2, -0.15) is 0 Å². The molecule has 0 aliphatic carbocycles. The molecule has 2 fully saturated rings. The van der Waals surface area contributed by atoms with Gasteiger partial charge in [0.15, 0.2) is 0 Å². The van der Waals surface area contributed by atoms with Crippen molar-refractivity contribution in [3.8, 4) is 0 Å². The third-order valence-electron chi connectivity index (χ3n) is 6.37. The molecule has 14 heteroatoms. The van der Waals surface area contributed by atoms with E-state index in [4.69, 9.17) is 21.1 Å². The fourth-order valence-electron chi connectivity index (χ4n) is 4.33. The van der Waals surface area contributed by atoms with Crippen molar-refractivity contribution in [2.24, 2.45) is 0 Å². The Bertz CT molecular complexity index is 1320. The fourth-order valence-corrected chi connectivity index (χ4v) is 5.32. The highest BCUT2D eigenvalue weighted by molar-refractivity contribution is 7.18. The molecule has 2 aliphatic rings. The minimum Gasteiger partial charge on any atom is -0.442 e. The van der Waals surface area contributed by atoms with Crippen LogP contribution in [0, 0.1) is 5.82 Å². The van der Waals surface area contributed by atoms with Gasteiger partial charge in [0.1, 0.15) is 18.5 Å². The van der Waals surface area contributed by atoms with Gasteiger partial charge in [-0.15, -0.1) is 11.3 Å². The molecule has 214 valence electrons. The molecule has 0 bridgehead atoms. The van der Waals surface area contributed by atoms with E-state index in [0.29, 0.717) is 23.1 Å². The number of likely N-dealkylation sites (N-methyl/N-ethyl adjacent to an activating group) is 1. The van der Waals surface area contributed by atoms with Gasteiger partial charge < -0.3 is 19.3 Å². The lowest BCUT2D eigenvalue weighted by molar-refractivity contribution is -0.138. The first kappa shape index (κ1) is 29.4. The van der Waals surface area contributed by atoms with E-state index >= 15 is 4.39 Å². The molecule has 1 atom stereocenters. The predicted molar refractivity (Wildman–Crippen MR) is 145 cm³/mol. The number of hydrogen-bond donors (Lipinski definition) is 0. The Labute approximate surface area is 238 Å². The Hall–Kier alpha value is -3.55. The predicted octanol–water partition coefficient (Wildman–Crippen LogP) is 3.16. The topological polar surface area (TPSA) is 117 Å². The zero-order valence-electron chi connectivity index (χ0n) is 21.9. The molecule has 0 saturated carbocycles. The zero-order valence-corrected chi connectivity index (χ0v) is 23.5. The molecule has 40 heavy (non-hydrogen) atoms. The van der Waals surface area contributed by atoms with E-state index in [9.17, 15) is 24.0 Å². The number of morpholine rings is 1. The van der Waals surface area contributed by atoms with Crippen LogP contribution < -0.4 is 9.80 Å². The van der Waals surface area contributed by atoms with Gasteiger partial charge in [0.2, 0.25) is 11.8 Å². The summed E-state index contributed by atoms with van der Waals surface area (Å²) in [7, 11) is 1.47. The Morgan fingerprint density at radius 2 is 1.93 bits per heavy atom. The maximum Gasteiger partial charge on any atom is 0.414 e. The van der Waals surface area contributed by atoms with Crippen molar-refractivity contribution in [2.45, 2.75) is 25.9 Å². The molecular weight excluding hydrogens is 567 g/mol. The Kier molecular flexibility index (Phi) is 9.38. The number of hydrogen-bond acceptors (Lipinski definition) is 8. The van der Waals surface area contributed by atoms with Gasteiger partial charge in [-0.3, -0.25) is 29.0 Å². The van der Waals surface area contributed by atoms with E-state index in [0.717, 1.165) is 27.2 Å². The number of carbonyl (C=O) groups is 5. The van der Waals surface area contributed by atoms with Crippen molar-refractivity contribution in [3.05, 3.63) is 45.4 Å². The van der Waals surface area contributed by atoms with E-state index < -0.39 is 29.8 Å². The number of cyclic esters (lactones) is 1. The Balaban J connectivity index is 1.50. The first-order valence-corrected chi connectivity index (χ1v) is 13.8. The summed E-state index contributed by atoms with van der Waals surface area (Å²) in [5.74, 6) is -2.62. The van der Waals surface area contributed by atoms with E-state index in [1.165, 1.54) is 41.1 Å². The summed E-state index contributed by atoms with van der Waals surface area (Å²) in [6, 6.07) is 7.04. The van der Waals surface area contributed by atoms with E-state index in [2.05, 4.69) is 0 Å². The highest BCUT2D eigenvalue weighted by Crippen LogP contribution is 2.30. The molecule has 3 heterocycles. The summed E-state index contributed by atoms with van der Waals surface area (Å²) in [6.07, 6.45) is -0.972. The van der Waals surface area contributed by atoms with Crippen LogP contribution in [0.3, 0.4) is 0 Å². The highest BCUT2D eigenvalue weighted by Gasteiger charge is 2.38. The molecule has 2 aromatic rings. The van der Waals surface area contributed by atoms with Crippen molar-refractivity contribution in [2.75, 3.05) is 56.2 Å². The lowest BCUT2D eigenvalue weighted by atomic mass is 10.2. The molecular formula is C26H28ClFN4O7S. The molecule has 1 aromatic heterocycles. The number of carbonyl (C=O) groups excluding carboxylic acids is 5. The molecule has 11 nitrogen and oxygen atoms in total. The van der Waals surface area contributed by atoms with Gasteiger partial charge in [0.25, 0.3) is 11.8 Å². The summed E-state index contributed by atoms with van der Waals surface area (Å²) < 4.78 is 26.0. The van der Waals surface area contributed by atoms with Gasteiger partial charge in [0.05, 0.1) is 41.1 Å². The summed E-state index contributed by atoms with van der Waals surface area (Å²) >= 11 is 6.96. The minimum atomic E-state index is -0.965. The van der Waals surface area contributed by atoms with E-state index in [-0.39, 0.29) is 61.6 Å². The molecule has 0 unspecified atom stereocenters. The quantitative estimate of drug-likeness (QED) is 0.438. The number of rotatable bonds is 9. The maximum absolute atomic E-state index is 15.1. The van der Waals surface area contributed by atoms with Gasteiger partial charge >= 0.3 is 6.09 Å². The normalized spacial score (nSPS) is 17.1. The van der Waals surface area contributed by atoms with Crippen LogP contribution in [0.2, 0.25) is 4.34 Å². The Morgan fingerprint density at radius 1 is 1.15 bits per heavy atom. The molecule has 0 radical (unpaired) electrons. The second-order valence-corrected chi connectivity index (χ2v) is 11.0. The number of nitrogens with zero attached hydrogens (tertiary/aromatic N) is 4. The second-order valence-electron chi connectivity index (χ2n) is 9.26. The van der Waals surface area contributed by atoms with Crippen molar-refractivity contribution in [1.29, 1.82) is 0 Å². The first-order valence-electron chi connectivity index (χ1n) is 12.6. The highest BCUT2D eigenvalue weighted by atomic mass is 35.5. The van der Waals surface area contributed by atoms with Crippen molar-refractivity contribution < 1.29 is 37.8 Å². The smallest absolute Gasteiger partial charge is 0.414 e. The monoisotopic (exact) mass is 594 g/mol. The first-order chi connectivity index (χ1) is 19.1. The van der Waals surface area contributed by atoms with Crippen LogP contribution in [-0.4, -0.2) is 92.1 Å². The van der Waals surface area contributed by atoms with Crippen molar-refractivity contribution in [3.63, 3.8) is 0 Å². The molecule has 0 N–H and O–H groups in total. The molecule has 0 spiro atoms. The number of halogens is 2. The van der Waals surface area contributed by atoms with Crippen LogP contribution in [0.4, 0.5) is 20.6 Å². The summed E-state index contributed by atoms with van der Waals surface area (Å²) in [6.45, 7) is 1.53. The van der Waals surface area contributed by atoms with Crippen molar-refractivity contribution >= 4 is 64.0 Å². The number of imide groups is 1. The molecule has 4 rings (SSSR count). The molecule has 5 amide bonds. The van der Waals surface area contributed by atoms with Crippen molar-refractivity contribution in [1.82, 2.24) is 9.80 Å². The van der Waals surface area contributed by atoms with Gasteiger partial charge in [-0.1, -0.05) is 18.5 Å². The van der Waals surface area contributed by atoms with E-state index in [1.54, 1.807) is 0 Å². The zero-order chi connectivity index (χ0) is 29.0. The maximum atomic E-state index is 15.1. The number of thiophene rings is 1. The third kappa shape index (κ3) is 6.60. The standard InChI is InChI=1S/C26H28ClFN4O7S/c1-3-4-22(33)29(2)14-23(34)32(25(36)20-7-8-21(27)40-20)13-17-12-31(26(37)39-17)19-6-5-16(11-18(19)28)30-9-10-38-15-24(30)35/h5-8,11,17H,3-4,9-10,12-15H2,1-2H3/t17-/m1/s1. The number of benzene rings is 1. The lowest BCUT2D eigenvalue weighted by Crippen LogP contribution is -2.47. The second kappa shape index (κ2) is 12.7. The number of amides is 5. The van der Waals surface area contributed by atoms with Crippen LogP contribution in [0.1, 0.15) is 29.4 Å². The molecule has 2 aliphatic heterocycles. The summed E-state index contributed by atoms with van der Waals surface area (Å²) in [5.41, 5.74) is 0.258. The van der Waals surface area contributed by atoms with Crippen LogP contribution >= 0.6 is 22.9 Å². The third-order valence-corrected chi connectivity index (χ3v) is 7.59. The summed E-state index contributed by atoms with van der Waals surface area (Å²) in [4.78, 5) is 68.3. The van der Waals surface area contributed by atoms with Crippen LogP contribution in [0.15, 0.2) is 30.3 Å². The Morgan fingerprint density at radius 3 is 2.58 bits per heavy atom. The fraction of sp³-hybridized carbons (Fsp3) is 0.423. The van der Waals surface area contributed by atoms with Gasteiger partial charge in [-0.05, 0) is 36.8 Å². The van der Waals surface area contributed by atoms with Crippen LogP contribution in [0.25, 0.3) is 0 Å². The molecule has 2 saturated heterocycles. The summed E-state index contributed by atoms with van der Waals surface area (Å²) in [5, 5.41) is 0. The average molecular weight is 595 g/mol. The van der Waals surface area contributed by atoms with Crippen LogP contribution in [-0.2, 0) is 23.9 Å². The minimum absolute atomic E-state index is 0.0731. The van der Waals surface area contributed by atoms with Crippen LogP contribution in [0.5, 0.6) is 0 Å². The van der Waals surface area contributed by atoms with E-state index in [1.807, 2.05) is 6.92 Å². The lowest BCUT2D eigenvalue weighted by Gasteiger charge is -2.27. The van der Waals surface area contributed by atoms with Gasteiger partial charge in [-0.25, -0.2) is 9.18 Å². The van der Waals surface area contributed by atoms with Gasteiger partial charge in [0, 0.05) is 25.7 Å². The average Bonchev–Trinajstić information content (AvgIpc) is 3.52. The number of anilines is 2. The largest absolute Gasteiger partial charge is 0.442 e. The molecule has 1 aromatic carbocycles.